The first-order chi connectivity index (χ1) is 12.6. The van der Waals surface area contributed by atoms with E-state index in [-0.39, 0.29) is 5.82 Å². The van der Waals surface area contributed by atoms with E-state index in [1.807, 2.05) is 12.1 Å². The van der Waals surface area contributed by atoms with Crippen LogP contribution in [0.5, 0.6) is 11.5 Å². The molecular weight excluding hydrogens is 335 g/mol. The maximum Gasteiger partial charge on any atom is 0.254 e. The molecule has 26 heavy (non-hydrogen) atoms. The Morgan fingerprint density at radius 3 is 2.42 bits per heavy atom. The molecule has 0 bridgehead atoms. The molecule has 4 rings (SSSR count). The molecule has 1 aromatic heterocycles. The number of anilines is 1. The number of nitrogens with one attached hydrogen (secondary N) is 1. The number of hydrogen-bond acceptors (Lipinski definition) is 4. The van der Waals surface area contributed by atoms with Crippen molar-refractivity contribution in [1.29, 1.82) is 0 Å². The predicted octanol–water partition coefficient (Wildman–Crippen LogP) is 3.40. The second-order valence-corrected chi connectivity index (χ2v) is 6.02. The summed E-state index contributed by atoms with van der Waals surface area (Å²) in [5.41, 5.74) is 7.30. The molecule has 1 aliphatic heterocycles. The van der Waals surface area contributed by atoms with E-state index >= 15 is 0 Å². The lowest BCUT2D eigenvalue weighted by molar-refractivity contribution is 0.100. The molecule has 1 aliphatic rings. The van der Waals surface area contributed by atoms with E-state index in [2.05, 4.69) is 10.4 Å². The minimum Gasteiger partial charge on any atom is -0.457 e. The Hall–Kier alpha value is -3.35. The van der Waals surface area contributed by atoms with Gasteiger partial charge in [-0.25, -0.2) is 9.07 Å². The van der Waals surface area contributed by atoms with Crippen molar-refractivity contribution in [3.05, 3.63) is 59.9 Å². The lowest BCUT2D eigenvalue weighted by Crippen LogP contribution is -2.21. The third kappa shape index (κ3) is 2.99. The normalized spacial score (nSPS) is 13.0. The molecule has 0 atom stereocenters. The topological polar surface area (TPSA) is 82.2 Å². The summed E-state index contributed by atoms with van der Waals surface area (Å²) in [5, 5.41) is 7.73. The smallest absolute Gasteiger partial charge is 0.254 e. The maximum atomic E-state index is 13.0. The van der Waals surface area contributed by atoms with Crippen LogP contribution in [-0.4, -0.2) is 22.2 Å². The van der Waals surface area contributed by atoms with Crippen molar-refractivity contribution in [2.75, 3.05) is 11.9 Å². The molecule has 0 spiro atoms. The van der Waals surface area contributed by atoms with E-state index in [4.69, 9.17) is 10.5 Å². The van der Waals surface area contributed by atoms with Crippen LogP contribution in [0.4, 0.5) is 10.2 Å². The number of aromatic nitrogens is 2. The van der Waals surface area contributed by atoms with Gasteiger partial charge in [0.1, 0.15) is 34.4 Å². The van der Waals surface area contributed by atoms with Gasteiger partial charge in [-0.15, -0.1) is 0 Å². The van der Waals surface area contributed by atoms with Crippen molar-refractivity contribution in [2.45, 2.75) is 13.0 Å². The molecular formula is C19H17FN4O2. The Morgan fingerprint density at radius 2 is 1.77 bits per heavy atom. The number of nitrogens with zero attached hydrogens (tertiary/aromatic N) is 2. The molecule has 2 heterocycles. The minimum atomic E-state index is -0.512. The lowest BCUT2D eigenvalue weighted by atomic mass is 10.1. The van der Waals surface area contributed by atoms with E-state index < -0.39 is 5.91 Å². The van der Waals surface area contributed by atoms with Crippen molar-refractivity contribution >= 4 is 11.7 Å². The van der Waals surface area contributed by atoms with Crippen LogP contribution in [0.1, 0.15) is 16.8 Å². The Bertz CT molecular complexity index is 949. The molecule has 0 saturated carbocycles. The summed E-state index contributed by atoms with van der Waals surface area (Å²) >= 11 is 0. The zero-order valence-electron chi connectivity index (χ0n) is 13.9. The molecule has 0 radical (unpaired) electrons. The molecule has 2 aromatic carbocycles. The fraction of sp³-hybridized carbons (Fsp3) is 0.158. The standard InChI is InChI=1S/C19H17FN4O2/c20-13-4-8-15(9-5-13)26-14-6-2-12(3-7-14)17-16(18(21)25)19-22-10-1-11-24(19)23-17/h2-9,22H,1,10-11H2,(H2,21,25). The Morgan fingerprint density at radius 1 is 1.12 bits per heavy atom. The van der Waals surface area contributed by atoms with Crippen molar-refractivity contribution in [3.8, 4) is 22.8 Å². The average molecular weight is 352 g/mol. The minimum absolute atomic E-state index is 0.316. The van der Waals surface area contributed by atoms with Gasteiger partial charge in [0.25, 0.3) is 5.91 Å². The second-order valence-electron chi connectivity index (χ2n) is 6.02. The van der Waals surface area contributed by atoms with Crippen LogP contribution >= 0.6 is 0 Å². The van der Waals surface area contributed by atoms with Crippen LogP contribution in [-0.2, 0) is 6.54 Å². The summed E-state index contributed by atoms with van der Waals surface area (Å²) in [6, 6.07) is 13.0. The van der Waals surface area contributed by atoms with E-state index in [1.54, 1.807) is 28.9 Å². The molecule has 7 heteroatoms. The number of hydrogen-bond donors (Lipinski definition) is 2. The number of carbonyl (C=O) groups is 1. The maximum absolute atomic E-state index is 13.0. The third-order valence-corrected chi connectivity index (χ3v) is 4.22. The number of amides is 1. The highest BCUT2D eigenvalue weighted by molar-refractivity contribution is 6.03. The first-order valence-corrected chi connectivity index (χ1v) is 8.30. The quantitative estimate of drug-likeness (QED) is 0.754. The molecule has 3 aromatic rings. The summed E-state index contributed by atoms with van der Waals surface area (Å²) in [6.07, 6.45) is 0.941. The first-order valence-electron chi connectivity index (χ1n) is 8.30. The molecule has 0 aliphatic carbocycles. The van der Waals surface area contributed by atoms with Crippen LogP contribution in [0.15, 0.2) is 48.5 Å². The fourth-order valence-electron chi connectivity index (χ4n) is 2.99. The highest BCUT2D eigenvalue weighted by Crippen LogP contribution is 2.32. The van der Waals surface area contributed by atoms with E-state index in [1.165, 1.54) is 12.1 Å². The molecule has 3 N–H and O–H groups in total. The summed E-state index contributed by atoms with van der Waals surface area (Å²) in [7, 11) is 0. The van der Waals surface area contributed by atoms with Gasteiger partial charge in [-0.2, -0.15) is 5.10 Å². The number of primary amides is 1. The highest BCUT2D eigenvalue weighted by atomic mass is 19.1. The van der Waals surface area contributed by atoms with Gasteiger partial charge in [0.05, 0.1) is 0 Å². The van der Waals surface area contributed by atoms with Crippen LogP contribution in [0.25, 0.3) is 11.3 Å². The number of fused-ring (bicyclic) bond motifs is 1. The van der Waals surface area contributed by atoms with Gasteiger partial charge in [-0.1, -0.05) is 0 Å². The van der Waals surface area contributed by atoms with Crippen molar-refractivity contribution in [1.82, 2.24) is 9.78 Å². The van der Waals surface area contributed by atoms with Gasteiger partial charge in [0.2, 0.25) is 0 Å². The molecule has 1 amide bonds. The number of aryl methyl sites for hydroxylation is 1. The van der Waals surface area contributed by atoms with Crippen LogP contribution in [0.2, 0.25) is 0 Å². The zero-order chi connectivity index (χ0) is 18.1. The number of rotatable bonds is 4. The number of ether oxygens (including phenoxy) is 1. The number of carbonyl (C=O) groups excluding carboxylic acids is 1. The van der Waals surface area contributed by atoms with Crippen LogP contribution in [0.3, 0.4) is 0 Å². The third-order valence-electron chi connectivity index (χ3n) is 4.22. The van der Waals surface area contributed by atoms with Crippen LogP contribution < -0.4 is 15.8 Å². The summed E-state index contributed by atoms with van der Waals surface area (Å²) < 4.78 is 20.4. The Balaban J connectivity index is 1.64. The van der Waals surface area contributed by atoms with E-state index in [0.29, 0.717) is 28.6 Å². The number of nitrogens with two attached hydrogens (primary N) is 1. The van der Waals surface area contributed by atoms with Gasteiger partial charge < -0.3 is 15.8 Å². The van der Waals surface area contributed by atoms with Gasteiger partial charge in [0.15, 0.2) is 0 Å². The van der Waals surface area contributed by atoms with Gasteiger partial charge in [0, 0.05) is 18.7 Å². The van der Waals surface area contributed by atoms with Gasteiger partial charge >= 0.3 is 0 Å². The summed E-state index contributed by atoms with van der Waals surface area (Å²) in [5.74, 6) is 0.985. The Kier molecular flexibility index (Phi) is 4.04. The largest absolute Gasteiger partial charge is 0.457 e. The molecule has 0 fully saturated rings. The summed E-state index contributed by atoms with van der Waals surface area (Å²) in [6.45, 7) is 1.53. The molecule has 0 unspecified atom stereocenters. The average Bonchev–Trinajstić information content (AvgIpc) is 3.04. The molecule has 6 nitrogen and oxygen atoms in total. The van der Waals surface area contributed by atoms with Gasteiger partial charge in [-0.3, -0.25) is 4.79 Å². The van der Waals surface area contributed by atoms with Crippen molar-refractivity contribution in [3.63, 3.8) is 0 Å². The second kappa shape index (κ2) is 6.51. The Labute approximate surface area is 149 Å². The fourth-order valence-corrected chi connectivity index (χ4v) is 2.99. The first kappa shape index (κ1) is 16.1. The number of halogens is 1. The van der Waals surface area contributed by atoms with E-state index in [9.17, 15) is 9.18 Å². The summed E-state index contributed by atoms with van der Waals surface area (Å²) in [4.78, 5) is 11.9. The zero-order valence-corrected chi connectivity index (χ0v) is 13.9. The van der Waals surface area contributed by atoms with Gasteiger partial charge in [-0.05, 0) is 55.0 Å². The monoisotopic (exact) mass is 352 g/mol. The molecule has 132 valence electrons. The van der Waals surface area contributed by atoms with Crippen molar-refractivity contribution < 1.29 is 13.9 Å². The predicted molar refractivity (Wildman–Crippen MR) is 95.8 cm³/mol. The lowest BCUT2D eigenvalue weighted by Gasteiger charge is -2.15. The SMILES string of the molecule is NC(=O)c1c(-c2ccc(Oc3ccc(F)cc3)cc2)nn2c1NCCC2. The van der Waals surface area contributed by atoms with E-state index in [0.717, 1.165) is 25.1 Å². The van der Waals surface area contributed by atoms with Crippen molar-refractivity contribution in [2.24, 2.45) is 5.73 Å². The molecule has 0 saturated heterocycles. The highest BCUT2D eigenvalue weighted by Gasteiger charge is 2.24. The number of benzene rings is 2. The van der Waals surface area contributed by atoms with Crippen LogP contribution in [0, 0.1) is 5.82 Å².